The first-order valence-corrected chi connectivity index (χ1v) is 21.0. The normalized spacial score (nSPS) is 14.8. The first-order valence-electron chi connectivity index (χ1n) is 21.0. The van der Waals surface area contributed by atoms with E-state index in [0.29, 0.717) is 6.17 Å². The number of hydrogen-bond donors (Lipinski definition) is 0. The Morgan fingerprint density at radius 2 is 0.523 bits per heavy atom. The highest BCUT2D eigenvalue weighted by atomic mass is 15.4. The Morgan fingerprint density at radius 3 is 0.795 bits per heavy atom. The molecule has 0 saturated carbocycles. The second-order valence-corrected chi connectivity index (χ2v) is 14.6. The van der Waals surface area contributed by atoms with E-state index in [2.05, 4.69) is 43.0 Å². The van der Waals surface area contributed by atoms with E-state index >= 15 is 0 Å². The van der Waals surface area contributed by atoms with Crippen LogP contribution >= 0.6 is 0 Å². The van der Waals surface area contributed by atoms with Crippen LogP contribution in [0.5, 0.6) is 0 Å². The van der Waals surface area contributed by atoms with Gasteiger partial charge in [-0.3, -0.25) is 0 Å². The van der Waals surface area contributed by atoms with Gasteiger partial charge in [0, 0.05) is 25.5 Å². The summed E-state index contributed by atoms with van der Waals surface area (Å²) in [7, 11) is 0. The van der Waals surface area contributed by atoms with Gasteiger partial charge >= 0.3 is 0 Å². The third kappa shape index (κ3) is 25.5. The number of nitrogens with zero attached hydrogens (tertiary/aromatic N) is 2. The lowest BCUT2D eigenvalue weighted by atomic mass is 10.0. The van der Waals surface area contributed by atoms with Gasteiger partial charge in [-0.05, 0) is 25.7 Å². The van der Waals surface area contributed by atoms with E-state index < -0.39 is 0 Å². The zero-order valence-electron chi connectivity index (χ0n) is 31.1. The highest BCUT2D eigenvalue weighted by Crippen LogP contribution is 2.24. The molecule has 0 aromatic heterocycles. The van der Waals surface area contributed by atoms with Crippen molar-refractivity contribution in [2.75, 3.05) is 13.1 Å². The summed E-state index contributed by atoms with van der Waals surface area (Å²) in [5.74, 6) is 0. The van der Waals surface area contributed by atoms with Gasteiger partial charge in [0.25, 0.3) is 0 Å². The monoisotopic (exact) mass is 617 g/mol. The van der Waals surface area contributed by atoms with E-state index in [9.17, 15) is 0 Å². The highest BCUT2D eigenvalue weighted by Gasteiger charge is 2.24. The zero-order chi connectivity index (χ0) is 31.6. The molecule has 2 heteroatoms. The van der Waals surface area contributed by atoms with Crippen LogP contribution < -0.4 is 0 Å². The van der Waals surface area contributed by atoms with Crippen molar-refractivity contribution in [3.63, 3.8) is 0 Å². The van der Waals surface area contributed by atoms with Gasteiger partial charge < -0.3 is 9.80 Å². The Labute approximate surface area is 280 Å². The average molecular weight is 617 g/mol. The molecule has 44 heavy (non-hydrogen) atoms. The standard InChI is InChI=1S/C42H84N2/c1-4-7-10-13-15-17-19-21-22-23-25-27-29-31-34-37-42-43(38-35-32-12-9-6-3)40-41-44(42)39-36-33-30-28-26-24-20-18-16-14-11-8-5-2/h40-42H,4-39H2,1-3H3. The van der Waals surface area contributed by atoms with Crippen molar-refractivity contribution >= 4 is 0 Å². The van der Waals surface area contributed by atoms with Crippen LogP contribution in [0.1, 0.15) is 239 Å². The highest BCUT2D eigenvalue weighted by molar-refractivity contribution is 4.97. The molecule has 0 bridgehead atoms. The molecule has 0 spiro atoms. The van der Waals surface area contributed by atoms with Crippen LogP contribution in [0.15, 0.2) is 12.4 Å². The van der Waals surface area contributed by atoms with Crippen LogP contribution in [0.4, 0.5) is 0 Å². The zero-order valence-corrected chi connectivity index (χ0v) is 31.1. The van der Waals surface area contributed by atoms with Crippen LogP contribution in [0, 0.1) is 0 Å². The van der Waals surface area contributed by atoms with Gasteiger partial charge in [0.1, 0.15) is 6.17 Å². The Morgan fingerprint density at radius 1 is 0.295 bits per heavy atom. The number of rotatable bonds is 36. The fraction of sp³-hybridized carbons (Fsp3) is 0.952. The largest absolute Gasteiger partial charge is 0.356 e. The summed E-state index contributed by atoms with van der Waals surface area (Å²) < 4.78 is 0. The third-order valence-corrected chi connectivity index (χ3v) is 10.3. The molecule has 2 nitrogen and oxygen atoms in total. The summed E-state index contributed by atoms with van der Waals surface area (Å²) in [6.07, 6.45) is 54.4. The lowest BCUT2D eigenvalue weighted by molar-refractivity contribution is 0.135. The summed E-state index contributed by atoms with van der Waals surface area (Å²) in [6, 6.07) is 0. The quantitative estimate of drug-likeness (QED) is 0.0646. The number of unbranched alkanes of at least 4 members (excludes halogenated alkanes) is 30. The molecule has 0 aromatic rings. The predicted octanol–water partition coefficient (Wildman–Crippen LogP) is 14.7. The molecule has 1 rings (SSSR count). The van der Waals surface area contributed by atoms with Gasteiger partial charge in [0.05, 0.1) is 0 Å². The van der Waals surface area contributed by atoms with Crippen molar-refractivity contribution in [2.45, 2.75) is 245 Å². The molecule has 1 atom stereocenters. The molecule has 0 N–H and O–H groups in total. The van der Waals surface area contributed by atoms with Crippen molar-refractivity contribution < 1.29 is 0 Å². The molecule has 0 fully saturated rings. The van der Waals surface area contributed by atoms with Gasteiger partial charge in [-0.15, -0.1) is 0 Å². The molecular formula is C42H84N2. The van der Waals surface area contributed by atoms with Crippen LogP contribution in [-0.2, 0) is 0 Å². The van der Waals surface area contributed by atoms with Crippen LogP contribution in [0.3, 0.4) is 0 Å². The van der Waals surface area contributed by atoms with Crippen LogP contribution in [0.2, 0.25) is 0 Å². The molecule has 1 aliphatic rings. The summed E-state index contributed by atoms with van der Waals surface area (Å²) in [5, 5.41) is 0. The Balaban J connectivity index is 2.13. The van der Waals surface area contributed by atoms with Gasteiger partial charge in [0.15, 0.2) is 0 Å². The fourth-order valence-corrected chi connectivity index (χ4v) is 7.25. The molecular weight excluding hydrogens is 532 g/mol. The van der Waals surface area contributed by atoms with Gasteiger partial charge in [-0.1, -0.05) is 213 Å². The van der Waals surface area contributed by atoms with Gasteiger partial charge in [-0.25, -0.2) is 0 Å². The average Bonchev–Trinajstić information content (AvgIpc) is 3.42. The number of hydrogen-bond acceptors (Lipinski definition) is 2. The Hall–Kier alpha value is -0.660. The summed E-state index contributed by atoms with van der Waals surface area (Å²) in [6.45, 7) is 9.48. The van der Waals surface area contributed by atoms with Crippen molar-refractivity contribution in [2.24, 2.45) is 0 Å². The smallest absolute Gasteiger partial charge is 0.101 e. The van der Waals surface area contributed by atoms with Gasteiger partial charge in [0.2, 0.25) is 0 Å². The molecule has 1 heterocycles. The third-order valence-electron chi connectivity index (χ3n) is 10.3. The Kier molecular flexibility index (Phi) is 31.7. The van der Waals surface area contributed by atoms with Crippen LogP contribution in [0.25, 0.3) is 0 Å². The summed E-state index contributed by atoms with van der Waals surface area (Å²) in [4.78, 5) is 5.42. The first-order chi connectivity index (χ1) is 21.8. The minimum Gasteiger partial charge on any atom is -0.356 e. The molecule has 0 saturated heterocycles. The summed E-state index contributed by atoms with van der Waals surface area (Å²) >= 11 is 0. The topological polar surface area (TPSA) is 6.48 Å². The van der Waals surface area contributed by atoms with E-state index in [1.165, 1.54) is 231 Å². The van der Waals surface area contributed by atoms with Crippen molar-refractivity contribution in [3.8, 4) is 0 Å². The first kappa shape index (κ1) is 41.4. The summed E-state index contributed by atoms with van der Waals surface area (Å²) in [5.41, 5.74) is 0. The minimum absolute atomic E-state index is 0.639. The van der Waals surface area contributed by atoms with E-state index in [-0.39, 0.29) is 0 Å². The van der Waals surface area contributed by atoms with E-state index in [4.69, 9.17) is 0 Å². The lowest BCUT2D eigenvalue weighted by Gasteiger charge is -2.33. The maximum atomic E-state index is 2.72. The molecule has 0 aromatic carbocycles. The van der Waals surface area contributed by atoms with Crippen LogP contribution in [-0.4, -0.2) is 29.1 Å². The SMILES string of the molecule is CCCCCCCCCCCCCCCCCC1N(CCCCCCC)C=CN1CCCCCCCCCCCCCCC. The lowest BCUT2D eigenvalue weighted by Crippen LogP contribution is -2.39. The molecule has 262 valence electrons. The molecule has 1 aliphatic heterocycles. The minimum atomic E-state index is 0.639. The Bertz CT molecular complexity index is 572. The van der Waals surface area contributed by atoms with Crippen molar-refractivity contribution in [1.82, 2.24) is 9.80 Å². The molecule has 0 radical (unpaired) electrons. The molecule has 1 unspecified atom stereocenters. The molecule has 0 amide bonds. The van der Waals surface area contributed by atoms with Crippen molar-refractivity contribution in [3.05, 3.63) is 12.4 Å². The van der Waals surface area contributed by atoms with E-state index in [1.807, 2.05) is 0 Å². The maximum Gasteiger partial charge on any atom is 0.101 e. The van der Waals surface area contributed by atoms with E-state index in [0.717, 1.165) is 0 Å². The van der Waals surface area contributed by atoms with Crippen molar-refractivity contribution in [1.29, 1.82) is 0 Å². The predicted molar refractivity (Wildman–Crippen MR) is 200 cm³/mol. The van der Waals surface area contributed by atoms with E-state index in [1.54, 1.807) is 0 Å². The second-order valence-electron chi connectivity index (χ2n) is 14.6. The maximum absolute atomic E-state index is 2.72. The fourth-order valence-electron chi connectivity index (χ4n) is 7.25. The van der Waals surface area contributed by atoms with Gasteiger partial charge in [-0.2, -0.15) is 0 Å². The second kappa shape index (κ2) is 33.7. The molecule has 0 aliphatic carbocycles.